The second-order valence-electron chi connectivity index (χ2n) is 5.83. The molecule has 2 heteroatoms. The minimum atomic E-state index is 0.424. The van der Waals surface area contributed by atoms with E-state index in [4.69, 9.17) is 5.73 Å². The van der Waals surface area contributed by atoms with Crippen molar-refractivity contribution < 1.29 is 0 Å². The molecular formula is C15H20N2. The van der Waals surface area contributed by atoms with E-state index in [1.54, 1.807) is 0 Å². The van der Waals surface area contributed by atoms with Gasteiger partial charge in [0.2, 0.25) is 0 Å². The Balaban J connectivity index is 1.87. The van der Waals surface area contributed by atoms with Crippen LogP contribution in [0.5, 0.6) is 0 Å². The molecule has 1 aliphatic rings. The van der Waals surface area contributed by atoms with Gasteiger partial charge in [-0.25, -0.2) is 0 Å². The zero-order valence-electron chi connectivity index (χ0n) is 10.5. The van der Waals surface area contributed by atoms with E-state index in [9.17, 15) is 0 Å². The van der Waals surface area contributed by atoms with Crippen LogP contribution in [0.15, 0.2) is 30.5 Å². The largest absolute Gasteiger partial charge is 0.361 e. The van der Waals surface area contributed by atoms with Gasteiger partial charge in [0.1, 0.15) is 0 Å². The highest BCUT2D eigenvalue weighted by molar-refractivity contribution is 5.83. The molecule has 0 spiro atoms. The highest BCUT2D eigenvalue weighted by atomic mass is 14.7. The maximum Gasteiger partial charge on any atom is 0.0456 e. The van der Waals surface area contributed by atoms with Crippen molar-refractivity contribution in [3.05, 3.63) is 36.0 Å². The molecule has 3 N–H and O–H groups in total. The average molecular weight is 228 g/mol. The number of fused-ring (bicyclic) bond motifs is 1. The summed E-state index contributed by atoms with van der Waals surface area (Å²) in [7, 11) is 0. The fourth-order valence-electron chi connectivity index (χ4n) is 3.27. The predicted octanol–water partition coefficient (Wildman–Crippen LogP) is 2.94. The first kappa shape index (κ1) is 10.8. The number of para-hydroxylation sites is 1. The average Bonchev–Trinajstić information content (AvgIpc) is 2.68. The van der Waals surface area contributed by atoms with Gasteiger partial charge in [-0.1, -0.05) is 32.0 Å². The third-order valence-corrected chi connectivity index (χ3v) is 4.66. The van der Waals surface area contributed by atoms with Crippen LogP contribution in [0.25, 0.3) is 10.9 Å². The van der Waals surface area contributed by atoms with Crippen LogP contribution < -0.4 is 5.73 Å². The lowest BCUT2D eigenvalue weighted by Crippen LogP contribution is -2.05. The number of nitrogens with one attached hydrogen (secondary N) is 1. The van der Waals surface area contributed by atoms with Crippen molar-refractivity contribution in [2.45, 2.75) is 20.3 Å². The van der Waals surface area contributed by atoms with Crippen molar-refractivity contribution in [2.24, 2.45) is 23.0 Å². The Morgan fingerprint density at radius 2 is 2.00 bits per heavy atom. The van der Waals surface area contributed by atoms with Crippen molar-refractivity contribution in [3.8, 4) is 0 Å². The summed E-state index contributed by atoms with van der Waals surface area (Å²) in [6.07, 6.45) is 3.31. The minimum absolute atomic E-state index is 0.424. The van der Waals surface area contributed by atoms with Crippen molar-refractivity contribution in [1.82, 2.24) is 4.98 Å². The van der Waals surface area contributed by atoms with Crippen LogP contribution >= 0.6 is 0 Å². The fourth-order valence-corrected chi connectivity index (χ4v) is 3.27. The molecule has 1 aromatic heterocycles. The molecule has 2 nitrogen and oxygen atoms in total. The first-order valence-electron chi connectivity index (χ1n) is 6.39. The molecule has 0 aliphatic heterocycles. The number of hydrogen-bond acceptors (Lipinski definition) is 1. The molecule has 1 aromatic carbocycles. The fraction of sp³-hybridized carbons (Fsp3) is 0.467. The maximum atomic E-state index is 5.83. The smallest absolute Gasteiger partial charge is 0.0456 e. The topological polar surface area (TPSA) is 41.8 Å². The third kappa shape index (κ3) is 1.59. The molecule has 1 heterocycles. The summed E-state index contributed by atoms with van der Waals surface area (Å²) in [6.45, 7) is 5.49. The second-order valence-corrected chi connectivity index (χ2v) is 5.83. The lowest BCUT2D eigenvalue weighted by Gasteiger charge is -2.01. The summed E-state index contributed by atoms with van der Waals surface area (Å²) < 4.78 is 0. The summed E-state index contributed by atoms with van der Waals surface area (Å²) in [5.74, 6) is 1.43. The maximum absolute atomic E-state index is 5.83. The molecule has 0 saturated heterocycles. The molecule has 1 aliphatic carbocycles. The summed E-state index contributed by atoms with van der Waals surface area (Å²) in [5.41, 5.74) is 8.94. The van der Waals surface area contributed by atoms with Gasteiger partial charge in [-0.05, 0) is 41.8 Å². The van der Waals surface area contributed by atoms with Gasteiger partial charge in [-0.2, -0.15) is 0 Å². The SMILES string of the molecule is CC1(C)[C@H](CN)[C@H]1Cc1c[nH]c2ccccc12. The molecule has 0 radical (unpaired) electrons. The van der Waals surface area contributed by atoms with Gasteiger partial charge in [0, 0.05) is 17.1 Å². The van der Waals surface area contributed by atoms with Gasteiger partial charge >= 0.3 is 0 Å². The monoisotopic (exact) mass is 228 g/mol. The lowest BCUT2D eigenvalue weighted by atomic mass is 10.0. The van der Waals surface area contributed by atoms with Crippen molar-refractivity contribution in [1.29, 1.82) is 0 Å². The van der Waals surface area contributed by atoms with Crippen LogP contribution in [0.1, 0.15) is 19.4 Å². The number of hydrogen-bond donors (Lipinski definition) is 2. The lowest BCUT2D eigenvalue weighted by molar-refractivity contribution is 0.536. The van der Waals surface area contributed by atoms with Crippen LogP contribution in [0.4, 0.5) is 0 Å². The first-order valence-corrected chi connectivity index (χ1v) is 6.39. The normalized spacial score (nSPS) is 26.3. The van der Waals surface area contributed by atoms with E-state index in [0.717, 1.165) is 18.9 Å². The number of aromatic nitrogens is 1. The van der Waals surface area contributed by atoms with E-state index in [1.165, 1.54) is 16.5 Å². The van der Waals surface area contributed by atoms with Crippen molar-refractivity contribution in [2.75, 3.05) is 6.54 Å². The molecule has 2 aromatic rings. The highest BCUT2D eigenvalue weighted by Gasteiger charge is 2.56. The molecule has 90 valence electrons. The summed E-state index contributed by atoms with van der Waals surface area (Å²) in [5, 5.41) is 1.37. The molecule has 17 heavy (non-hydrogen) atoms. The Labute approximate surface area is 102 Å². The van der Waals surface area contributed by atoms with Gasteiger partial charge in [0.25, 0.3) is 0 Å². The summed E-state index contributed by atoms with van der Waals surface area (Å²) >= 11 is 0. The van der Waals surface area contributed by atoms with Crippen LogP contribution in [-0.2, 0) is 6.42 Å². The van der Waals surface area contributed by atoms with E-state index in [1.807, 2.05) is 0 Å². The molecule has 3 rings (SSSR count). The first-order chi connectivity index (χ1) is 8.14. The van der Waals surface area contributed by atoms with Crippen LogP contribution in [0.2, 0.25) is 0 Å². The Bertz CT molecular complexity index is 539. The standard InChI is InChI=1S/C15H20N2/c1-15(2)12(13(15)8-16)7-10-9-17-14-6-4-3-5-11(10)14/h3-6,9,12-13,17H,7-8,16H2,1-2H3/t12-,13-/m1/s1. The van der Waals surface area contributed by atoms with Crippen LogP contribution in [-0.4, -0.2) is 11.5 Å². The molecule has 0 unspecified atom stereocenters. The van der Waals surface area contributed by atoms with Crippen LogP contribution in [0.3, 0.4) is 0 Å². The number of nitrogens with two attached hydrogens (primary N) is 1. The van der Waals surface area contributed by atoms with E-state index in [2.05, 4.69) is 49.3 Å². The Kier molecular flexibility index (Phi) is 2.30. The Hall–Kier alpha value is -1.28. The number of aromatic amines is 1. The van der Waals surface area contributed by atoms with E-state index in [-0.39, 0.29) is 0 Å². The van der Waals surface area contributed by atoms with Crippen molar-refractivity contribution in [3.63, 3.8) is 0 Å². The van der Waals surface area contributed by atoms with Crippen LogP contribution in [0, 0.1) is 17.3 Å². The molecule has 2 atom stereocenters. The van der Waals surface area contributed by atoms with Gasteiger partial charge in [0.15, 0.2) is 0 Å². The van der Waals surface area contributed by atoms with Gasteiger partial charge < -0.3 is 10.7 Å². The third-order valence-electron chi connectivity index (χ3n) is 4.66. The molecule has 1 saturated carbocycles. The van der Waals surface area contributed by atoms with E-state index in [0.29, 0.717) is 11.3 Å². The van der Waals surface area contributed by atoms with E-state index >= 15 is 0 Å². The van der Waals surface area contributed by atoms with Gasteiger partial charge in [-0.15, -0.1) is 0 Å². The number of rotatable bonds is 3. The summed E-state index contributed by atoms with van der Waals surface area (Å²) in [4.78, 5) is 3.35. The zero-order valence-corrected chi connectivity index (χ0v) is 10.5. The molecule has 0 amide bonds. The van der Waals surface area contributed by atoms with Crippen molar-refractivity contribution >= 4 is 10.9 Å². The van der Waals surface area contributed by atoms with Gasteiger partial charge in [-0.3, -0.25) is 0 Å². The van der Waals surface area contributed by atoms with E-state index < -0.39 is 0 Å². The molecular weight excluding hydrogens is 208 g/mol. The summed E-state index contributed by atoms with van der Waals surface area (Å²) in [6, 6.07) is 8.52. The Morgan fingerprint density at radius 3 is 2.71 bits per heavy atom. The zero-order chi connectivity index (χ0) is 12.0. The van der Waals surface area contributed by atoms with Gasteiger partial charge in [0.05, 0.1) is 0 Å². The minimum Gasteiger partial charge on any atom is -0.361 e. The predicted molar refractivity (Wildman–Crippen MR) is 71.8 cm³/mol. The quantitative estimate of drug-likeness (QED) is 0.833. The number of benzene rings is 1. The Morgan fingerprint density at radius 1 is 1.24 bits per heavy atom. The molecule has 1 fully saturated rings. The highest BCUT2D eigenvalue weighted by Crippen LogP contribution is 2.59. The second kappa shape index (κ2) is 3.61. The molecule has 0 bridgehead atoms. The number of H-pyrrole nitrogens is 1.